The molecule has 0 atom stereocenters. The number of carbonyl (C=O) groups is 1. The molecule has 1 aromatic rings. The summed E-state index contributed by atoms with van der Waals surface area (Å²) in [5.41, 5.74) is 0.789. The van der Waals surface area contributed by atoms with Crippen molar-refractivity contribution in [3.05, 3.63) is 11.8 Å². The molecule has 1 aliphatic rings. The standard InChI is InChI=1S/C15H25N3O2/c1-15(2,3)12-10-14(20-17-12)16-13(19)11-18-8-6-4-5-7-9-18/h10H,4-9,11H2,1-3H3,(H,16,19)/p+1. The number of nitrogens with zero attached hydrogens (tertiary/aromatic N) is 1. The van der Waals surface area contributed by atoms with Gasteiger partial charge in [-0.1, -0.05) is 25.9 Å². The summed E-state index contributed by atoms with van der Waals surface area (Å²) in [6.45, 7) is 8.91. The van der Waals surface area contributed by atoms with Gasteiger partial charge in [0.05, 0.1) is 18.8 Å². The Labute approximate surface area is 120 Å². The molecule has 5 nitrogen and oxygen atoms in total. The Balaban J connectivity index is 1.86. The minimum atomic E-state index is -0.0669. The van der Waals surface area contributed by atoms with Gasteiger partial charge in [-0.25, -0.2) is 0 Å². The molecular weight excluding hydrogens is 254 g/mol. The molecule has 0 aromatic carbocycles. The summed E-state index contributed by atoms with van der Waals surface area (Å²) in [5, 5.41) is 6.82. The van der Waals surface area contributed by atoms with Crippen molar-refractivity contribution in [2.24, 2.45) is 0 Å². The monoisotopic (exact) mass is 280 g/mol. The molecule has 1 aliphatic heterocycles. The Morgan fingerprint density at radius 1 is 1.30 bits per heavy atom. The molecule has 2 N–H and O–H groups in total. The second-order valence-electron chi connectivity index (χ2n) is 6.72. The number of aromatic nitrogens is 1. The van der Waals surface area contributed by atoms with Crippen LogP contribution in [0.15, 0.2) is 10.6 Å². The number of quaternary nitrogens is 1. The van der Waals surface area contributed by atoms with Gasteiger partial charge in [-0.15, -0.1) is 0 Å². The van der Waals surface area contributed by atoms with Crippen LogP contribution >= 0.6 is 0 Å². The third-order valence-corrected chi connectivity index (χ3v) is 3.76. The van der Waals surface area contributed by atoms with Crippen LogP contribution in [0.1, 0.15) is 52.1 Å². The Morgan fingerprint density at radius 3 is 2.50 bits per heavy atom. The number of carbonyl (C=O) groups excluding carboxylic acids is 1. The van der Waals surface area contributed by atoms with Crippen molar-refractivity contribution in [2.75, 3.05) is 25.0 Å². The normalized spacial score (nSPS) is 17.8. The van der Waals surface area contributed by atoms with E-state index in [-0.39, 0.29) is 11.3 Å². The fourth-order valence-electron chi connectivity index (χ4n) is 2.50. The SMILES string of the molecule is CC(C)(C)c1cc(NC(=O)C[NH+]2CCCCCC2)on1. The second kappa shape index (κ2) is 6.39. The van der Waals surface area contributed by atoms with Crippen LogP contribution in [-0.4, -0.2) is 30.7 Å². The minimum absolute atomic E-state index is 0.0125. The van der Waals surface area contributed by atoms with E-state index in [1.807, 2.05) is 6.07 Å². The van der Waals surface area contributed by atoms with Gasteiger partial charge in [-0.3, -0.25) is 10.1 Å². The fourth-order valence-corrected chi connectivity index (χ4v) is 2.50. The van der Waals surface area contributed by atoms with Gasteiger partial charge in [-0.05, 0) is 25.7 Å². The van der Waals surface area contributed by atoms with Crippen LogP contribution in [0.5, 0.6) is 0 Å². The van der Waals surface area contributed by atoms with E-state index < -0.39 is 0 Å². The van der Waals surface area contributed by atoms with E-state index >= 15 is 0 Å². The number of amides is 1. The first-order chi connectivity index (χ1) is 9.45. The van der Waals surface area contributed by atoms with Crippen LogP contribution in [0.2, 0.25) is 0 Å². The average Bonchev–Trinajstić information content (AvgIpc) is 2.67. The first-order valence-corrected chi connectivity index (χ1v) is 7.56. The van der Waals surface area contributed by atoms with Crippen LogP contribution in [0.3, 0.4) is 0 Å². The zero-order chi connectivity index (χ0) is 14.6. The van der Waals surface area contributed by atoms with Crippen molar-refractivity contribution in [2.45, 2.75) is 51.9 Å². The molecule has 0 saturated carbocycles. The van der Waals surface area contributed by atoms with Crippen LogP contribution in [0.4, 0.5) is 5.88 Å². The largest absolute Gasteiger partial charge is 0.338 e. The molecular formula is C15H26N3O2+. The summed E-state index contributed by atoms with van der Waals surface area (Å²) in [5.74, 6) is 0.465. The molecule has 112 valence electrons. The van der Waals surface area contributed by atoms with Gasteiger partial charge >= 0.3 is 0 Å². The van der Waals surface area contributed by atoms with Crippen LogP contribution in [0, 0.1) is 0 Å². The lowest BCUT2D eigenvalue weighted by atomic mass is 9.92. The van der Waals surface area contributed by atoms with Crippen LogP contribution in [0.25, 0.3) is 0 Å². The number of nitrogens with one attached hydrogen (secondary N) is 2. The van der Waals surface area contributed by atoms with Gasteiger partial charge in [0.2, 0.25) is 5.88 Å². The molecule has 0 radical (unpaired) electrons. The van der Waals surface area contributed by atoms with Crippen molar-refractivity contribution >= 4 is 11.8 Å². The Morgan fingerprint density at radius 2 is 1.95 bits per heavy atom. The van der Waals surface area contributed by atoms with Gasteiger partial charge in [0, 0.05) is 11.5 Å². The van der Waals surface area contributed by atoms with Gasteiger partial charge in [0.15, 0.2) is 6.54 Å². The molecule has 2 rings (SSSR count). The summed E-state index contributed by atoms with van der Waals surface area (Å²) < 4.78 is 5.18. The molecule has 1 fully saturated rings. The summed E-state index contributed by atoms with van der Waals surface area (Å²) in [4.78, 5) is 13.4. The van der Waals surface area contributed by atoms with Crippen molar-refractivity contribution in [3.8, 4) is 0 Å². The molecule has 0 bridgehead atoms. The van der Waals surface area contributed by atoms with Gasteiger partial charge in [-0.2, -0.15) is 0 Å². The van der Waals surface area contributed by atoms with E-state index in [9.17, 15) is 4.79 Å². The molecule has 0 spiro atoms. The first kappa shape index (κ1) is 15.0. The molecule has 0 unspecified atom stereocenters. The maximum absolute atomic E-state index is 12.0. The van der Waals surface area contributed by atoms with Crippen molar-refractivity contribution in [3.63, 3.8) is 0 Å². The molecule has 5 heteroatoms. The van der Waals surface area contributed by atoms with Crippen molar-refractivity contribution in [1.29, 1.82) is 0 Å². The Bertz CT molecular complexity index is 440. The summed E-state index contributed by atoms with van der Waals surface area (Å²) in [6.07, 6.45) is 5.03. The maximum Gasteiger partial charge on any atom is 0.281 e. The predicted molar refractivity (Wildman–Crippen MR) is 77.9 cm³/mol. The van der Waals surface area contributed by atoms with E-state index in [0.717, 1.165) is 18.8 Å². The average molecular weight is 280 g/mol. The summed E-state index contributed by atoms with van der Waals surface area (Å²) in [6, 6.07) is 1.82. The molecule has 1 aromatic heterocycles. The molecule has 2 heterocycles. The zero-order valence-electron chi connectivity index (χ0n) is 12.8. The quantitative estimate of drug-likeness (QED) is 0.879. The molecule has 20 heavy (non-hydrogen) atoms. The number of rotatable bonds is 3. The lowest BCUT2D eigenvalue weighted by molar-refractivity contribution is -0.891. The smallest absolute Gasteiger partial charge is 0.281 e. The highest BCUT2D eigenvalue weighted by molar-refractivity contribution is 5.90. The van der Waals surface area contributed by atoms with Crippen LogP contribution in [-0.2, 0) is 10.2 Å². The third kappa shape index (κ3) is 4.34. The van der Waals surface area contributed by atoms with Crippen molar-refractivity contribution < 1.29 is 14.2 Å². The highest BCUT2D eigenvalue weighted by Crippen LogP contribution is 2.23. The molecule has 1 amide bonds. The van der Waals surface area contributed by atoms with Crippen molar-refractivity contribution in [1.82, 2.24) is 5.16 Å². The van der Waals surface area contributed by atoms with Gasteiger partial charge < -0.3 is 9.42 Å². The van der Waals surface area contributed by atoms with E-state index in [0.29, 0.717) is 12.4 Å². The highest BCUT2D eigenvalue weighted by atomic mass is 16.5. The third-order valence-electron chi connectivity index (χ3n) is 3.76. The number of likely N-dealkylation sites (tertiary alicyclic amines) is 1. The first-order valence-electron chi connectivity index (χ1n) is 7.56. The van der Waals surface area contributed by atoms with Crippen LogP contribution < -0.4 is 10.2 Å². The summed E-state index contributed by atoms with van der Waals surface area (Å²) in [7, 11) is 0. The van der Waals surface area contributed by atoms with E-state index in [1.165, 1.54) is 30.6 Å². The zero-order valence-corrected chi connectivity index (χ0v) is 12.8. The molecule has 1 saturated heterocycles. The Kier molecular flexibility index (Phi) is 4.81. The van der Waals surface area contributed by atoms with E-state index in [4.69, 9.17) is 4.52 Å². The van der Waals surface area contributed by atoms with E-state index in [2.05, 4.69) is 31.2 Å². The minimum Gasteiger partial charge on any atom is -0.338 e. The molecule has 0 aliphatic carbocycles. The summed E-state index contributed by atoms with van der Waals surface area (Å²) >= 11 is 0. The number of hydrogen-bond acceptors (Lipinski definition) is 3. The highest BCUT2D eigenvalue weighted by Gasteiger charge is 2.21. The lowest BCUT2D eigenvalue weighted by Crippen LogP contribution is -3.12. The van der Waals surface area contributed by atoms with Gasteiger partial charge in [0.1, 0.15) is 0 Å². The Hall–Kier alpha value is -1.36. The van der Waals surface area contributed by atoms with E-state index in [1.54, 1.807) is 0 Å². The lowest BCUT2D eigenvalue weighted by Gasteiger charge is -2.15. The second-order valence-corrected chi connectivity index (χ2v) is 6.72. The fraction of sp³-hybridized carbons (Fsp3) is 0.733. The number of anilines is 1. The topological polar surface area (TPSA) is 59.6 Å². The van der Waals surface area contributed by atoms with Gasteiger partial charge in [0.25, 0.3) is 5.91 Å². The maximum atomic E-state index is 12.0. The predicted octanol–water partition coefficient (Wildman–Crippen LogP) is 1.37. The number of hydrogen-bond donors (Lipinski definition) is 2.